The number of hydrogen-bond donors (Lipinski definition) is 1. The van der Waals surface area contributed by atoms with Crippen LogP contribution in [0.2, 0.25) is 0 Å². The highest BCUT2D eigenvalue weighted by molar-refractivity contribution is 7.58. The monoisotopic (exact) mass is 714 g/mol. The maximum absolute atomic E-state index is 14.4. The summed E-state index contributed by atoms with van der Waals surface area (Å²) < 4.78 is 32.3. The van der Waals surface area contributed by atoms with Crippen molar-refractivity contribution in [2.75, 3.05) is 52.5 Å². The van der Waals surface area contributed by atoms with Crippen LogP contribution in [0.3, 0.4) is 0 Å². The molecule has 0 aromatic heterocycles. The molecule has 11 nitrogen and oxygen atoms in total. The molecular weight excluding hydrogens is 667 g/mol. The van der Waals surface area contributed by atoms with E-state index in [0.717, 1.165) is 32.6 Å². The zero-order valence-corrected chi connectivity index (χ0v) is 30.6. The van der Waals surface area contributed by atoms with Crippen molar-refractivity contribution in [3.63, 3.8) is 0 Å². The Balaban J connectivity index is 1.18. The quantitative estimate of drug-likeness (QED) is 0.0984. The van der Waals surface area contributed by atoms with E-state index in [1.165, 1.54) is 23.3 Å². The number of nitro groups is 1. The number of esters is 1. The number of rotatable bonds is 10. The lowest BCUT2D eigenvalue weighted by molar-refractivity contribution is -0.384. The molecule has 2 saturated heterocycles. The molecule has 270 valence electrons. The van der Waals surface area contributed by atoms with Gasteiger partial charge in [0.2, 0.25) is 0 Å². The fourth-order valence-corrected chi connectivity index (χ4v) is 9.65. The molecule has 0 bridgehead atoms. The summed E-state index contributed by atoms with van der Waals surface area (Å²) in [5, 5.41) is 15.2. The maximum atomic E-state index is 14.4. The van der Waals surface area contributed by atoms with Gasteiger partial charge in [-0.1, -0.05) is 86.6 Å². The molecule has 12 heteroatoms. The van der Waals surface area contributed by atoms with Crippen LogP contribution >= 0.6 is 7.60 Å². The second kappa shape index (κ2) is 15.6. The van der Waals surface area contributed by atoms with Gasteiger partial charge in [-0.25, -0.2) is 4.79 Å². The van der Waals surface area contributed by atoms with Gasteiger partial charge in [0.05, 0.1) is 41.0 Å². The summed E-state index contributed by atoms with van der Waals surface area (Å²) in [6.45, 7) is 11.9. The molecular formula is C39H47N4O7P. The van der Waals surface area contributed by atoms with E-state index in [9.17, 15) is 19.5 Å². The molecule has 51 heavy (non-hydrogen) atoms. The van der Waals surface area contributed by atoms with Crippen molar-refractivity contribution in [2.45, 2.75) is 46.1 Å². The lowest BCUT2D eigenvalue weighted by Crippen LogP contribution is -2.36. The first-order valence-electron chi connectivity index (χ1n) is 17.5. The Bertz CT molecular complexity index is 1790. The number of carbonyl (C=O) groups is 1. The summed E-state index contributed by atoms with van der Waals surface area (Å²) in [6.07, 6.45) is 0.965. The first-order valence-corrected chi connectivity index (χ1v) is 19.1. The number of allylic oxidation sites excluding steroid dienone is 3. The summed E-state index contributed by atoms with van der Waals surface area (Å²) in [7, 11) is -3.91. The molecule has 3 heterocycles. The van der Waals surface area contributed by atoms with E-state index >= 15 is 0 Å². The lowest BCUT2D eigenvalue weighted by atomic mass is 9.86. The smallest absolute Gasteiger partial charge is 0.360 e. The average molecular weight is 715 g/mol. The van der Waals surface area contributed by atoms with E-state index in [1.807, 2.05) is 26.0 Å². The predicted octanol–water partition coefficient (Wildman–Crippen LogP) is 7.39. The first kappa shape index (κ1) is 36.7. The predicted molar refractivity (Wildman–Crippen MR) is 196 cm³/mol. The van der Waals surface area contributed by atoms with Crippen molar-refractivity contribution in [3.05, 3.63) is 134 Å². The Morgan fingerprint density at radius 3 is 2.22 bits per heavy atom. The molecule has 3 aliphatic rings. The van der Waals surface area contributed by atoms with Gasteiger partial charge in [-0.05, 0) is 43.5 Å². The Labute approximate surface area is 300 Å². The molecule has 1 atom stereocenters. The van der Waals surface area contributed by atoms with Crippen molar-refractivity contribution in [1.29, 1.82) is 0 Å². The number of benzene rings is 3. The number of non-ortho nitro benzene ring substituents is 1. The fourth-order valence-electron chi connectivity index (χ4n) is 7.20. The second-order valence-corrected chi connectivity index (χ2v) is 16.3. The van der Waals surface area contributed by atoms with Gasteiger partial charge in [0, 0.05) is 55.1 Å². The van der Waals surface area contributed by atoms with E-state index in [-0.39, 0.29) is 47.9 Å². The van der Waals surface area contributed by atoms with Crippen molar-refractivity contribution in [3.8, 4) is 0 Å². The molecule has 0 spiro atoms. The van der Waals surface area contributed by atoms with Gasteiger partial charge in [-0.3, -0.25) is 24.5 Å². The van der Waals surface area contributed by atoms with E-state index in [4.69, 9.17) is 13.8 Å². The Morgan fingerprint density at radius 2 is 1.59 bits per heavy atom. The SMILES string of the molecule is CC1=C(C(=O)OCCN2CCCN(C(c3ccccc3)c3ccccc3)CC2)C(c2cccc([N+](=O)[O-])c2)C(P2(=O)OCC(C)(C)CO2)=C(C)N1. The third-order valence-electron chi connectivity index (χ3n) is 9.76. The van der Waals surface area contributed by atoms with Crippen LogP contribution < -0.4 is 5.32 Å². The minimum atomic E-state index is -3.91. The molecule has 3 aliphatic heterocycles. The van der Waals surface area contributed by atoms with Crippen molar-refractivity contribution >= 4 is 19.3 Å². The van der Waals surface area contributed by atoms with Crippen LogP contribution in [-0.4, -0.2) is 73.2 Å². The highest BCUT2D eigenvalue weighted by Crippen LogP contribution is 2.66. The van der Waals surface area contributed by atoms with Crippen molar-refractivity contribution in [2.24, 2.45) is 5.41 Å². The van der Waals surface area contributed by atoms with Crippen LogP contribution in [0.5, 0.6) is 0 Å². The Morgan fingerprint density at radius 1 is 0.941 bits per heavy atom. The van der Waals surface area contributed by atoms with Crippen molar-refractivity contribution < 1.29 is 28.1 Å². The van der Waals surface area contributed by atoms with E-state index < -0.39 is 24.4 Å². The number of nitrogens with one attached hydrogen (secondary N) is 1. The highest BCUT2D eigenvalue weighted by Gasteiger charge is 2.48. The van der Waals surface area contributed by atoms with Gasteiger partial charge >= 0.3 is 13.6 Å². The van der Waals surface area contributed by atoms with Gasteiger partial charge in [0.1, 0.15) is 6.61 Å². The highest BCUT2D eigenvalue weighted by atomic mass is 31.2. The summed E-state index contributed by atoms with van der Waals surface area (Å²) in [5.74, 6) is -1.53. The number of nitro benzene ring substituents is 1. The third kappa shape index (κ3) is 8.35. The fraction of sp³-hybridized carbons (Fsp3) is 0.410. The largest absolute Gasteiger partial charge is 0.461 e. The Hall–Kier alpha value is -4.12. The van der Waals surface area contributed by atoms with Gasteiger partial charge in [-0.15, -0.1) is 0 Å². The standard InChI is InChI=1S/C39H47N4O7P/c1-28-34(35(32-17-11-18-33(25-32)43(45)46)37(29(2)40-28)51(47)49-26-39(3,4)27-50-51)38(44)48-24-23-41-19-12-20-42(22-21-41)36(30-13-7-5-8-14-30)31-15-9-6-10-16-31/h5-11,13-18,25,35-36,40H,12,19-24,26-27H2,1-4H3. The molecule has 6 rings (SSSR count). The second-order valence-electron chi connectivity index (χ2n) is 14.3. The molecule has 0 amide bonds. The summed E-state index contributed by atoms with van der Waals surface area (Å²) in [6, 6.07) is 27.3. The van der Waals surface area contributed by atoms with Crippen molar-refractivity contribution in [1.82, 2.24) is 15.1 Å². The van der Waals surface area contributed by atoms with Crippen LogP contribution in [0.4, 0.5) is 5.69 Å². The van der Waals surface area contributed by atoms with Crippen LogP contribution in [0, 0.1) is 15.5 Å². The van der Waals surface area contributed by atoms with Crippen LogP contribution in [0.25, 0.3) is 0 Å². The molecule has 3 aromatic rings. The molecule has 2 fully saturated rings. The van der Waals surface area contributed by atoms with Crippen LogP contribution in [0.1, 0.15) is 62.8 Å². The molecule has 0 aliphatic carbocycles. The number of ether oxygens (including phenoxy) is 1. The van der Waals surface area contributed by atoms with Gasteiger partial charge in [0.25, 0.3) is 5.69 Å². The molecule has 0 radical (unpaired) electrons. The Kier molecular flexibility index (Phi) is 11.2. The van der Waals surface area contributed by atoms with Gasteiger partial charge in [-0.2, -0.15) is 0 Å². The summed E-state index contributed by atoms with van der Waals surface area (Å²) >= 11 is 0. The lowest BCUT2D eigenvalue weighted by Gasteiger charge is -2.39. The maximum Gasteiger partial charge on any atom is 0.360 e. The number of hydrogen-bond acceptors (Lipinski definition) is 10. The topological polar surface area (TPSA) is 123 Å². The van der Waals surface area contributed by atoms with E-state index in [1.54, 1.807) is 26.0 Å². The number of carbonyl (C=O) groups excluding carboxylic acids is 1. The number of nitrogens with zero attached hydrogens (tertiary/aromatic N) is 3. The number of dihydropyridines is 1. The van der Waals surface area contributed by atoms with E-state index in [2.05, 4.69) is 63.6 Å². The zero-order chi connectivity index (χ0) is 36.2. The summed E-state index contributed by atoms with van der Waals surface area (Å²) in [5.41, 5.74) is 3.70. The summed E-state index contributed by atoms with van der Waals surface area (Å²) in [4.78, 5) is 30.2. The average Bonchev–Trinajstić information content (AvgIpc) is 3.36. The minimum absolute atomic E-state index is 0.143. The minimum Gasteiger partial charge on any atom is -0.461 e. The molecule has 1 N–H and O–H groups in total. The van der Waals surface area contributed by atoms with Gasteiger partial charge < -0.3 is 19.1 Å². The third-order valence-corrected chi connectivity index (χ3v) is 11.9. The first-order chi connectivity index (χ1) is 24.5. The zero-order valence-electron chi connectivity index (χ0n) is 29.7. The molecule has 3 aromatic carbocycles. The van der Waals surface area contributed by atoms with Crippen LogP contribution in [-0.2, 0) is 23.1 Å². The normalized spacial score (nSPS) is 21.2. The van der Waals surface area contributed by atoms with Crippen LogP contribution in [0.15, 0.2) is 107 Å². The molecule has 0 saturated carbocycles. The van der Waals surface area contributed by atoms with E-state index in [0.29, 0.717) is 23.5 Å². The van der Waals surface area contributed by atoms with Gasteiger partial charge in [0.15, 0.2) is 0 Å². The molecule has 1 unspecified atom stereocenters.